The van der Waals surface area contributed by atoms with Crippen molar-refractivity contribution in [2.45, 2.75) is 0 Å². The van der Waals surface area contributed by atoms with Gasteiger partial charge in [-0.1, -0.05) is 164 Å². The first-order valence-corrected chi connectivity index (χ1v) is 11.5. The highest BCUT2D eigenvalue weighted by Crippen LogP contribution is 2.25. The maximum absolute atomic E-state index is 2.24. The van der Waals surface area contributed by atoms with Crippen molar-refractivity contribution in [2.75, 3.05) is 0 Å². The van der Waals surface area contributed by atoms with Crippen LogP contribution in [-0.4, -0.2) is 0 Å². The number of hydrogen-bond donors (Lipinski definition) is 0. The van der Waals surface area contributed by atoms with Crippen molar-refractivity contribution in [3.8, 4) is 0 Å². The van der Waals surface area contributed by atoms with E-state index in [-0.39, 0.29) is 0 Å². The predicted octanol–water partition coefficient (Wildman–Crippen LogP) is 9.13. The van der Waals surface area contributed by atoms with Gasteiger partial charge in [-0.15, -0.1) is 0 Å². The van der Waals surface area contributed by atoms with Crippen molar-refractivity contribution in [2.24, 2.45) is 0 Å². The van der Waals surface area contributed by atoms with Gasteiger partial charge in [-0.2, -0.15) is 0 Å². The van der Waals surface area contributed by atoms with Crippen molar-refractivity contribution >= 4 is 23.8 Å². The zero-order valence-corrected chi connectivity index (χ0v) is 19.2. The highest BCUT2D eigenvalue weighted by atomic mass is 14.1. The second-order valence-electron chi connectivity index (χ2n) is 7.86. The summed E-state index contributed by atoms with van der Waals surface area (Å²) in [7, 11) is 0. The van der Waals surface area contributed by atoms with Gasteiger partial charge in [0.2, 0.25) is 0 Å². The first-order chi connectivity index (χ1) is 16.9. The molecule has 0 spiro atoms. The van der Waals surface area contributed by atoms with Crippen LogP contribution in [0.1, 0.15) is 27.8 Å². The van der Waals surface area contributed by atoms with Crippen molar-refractivity contribution in [1.82, 2.24) is 0 Å². The van der Waals surface area contributed by atoms with Gasteiger partial charge in [0, 0.05) is 0 Å². The normalized spacial score (nSPS) is 10.2. The fraction of sp³-hybridized carbons (Fsp3) is 0. The van der Waals surface area contributed by atoms with Crippen molar-refractivity contribution in [3.63, 3.8) is 0 Å². The van der Waals surface area contributed by atoms with Crippen LogP contribution in [0.4, 0.5) is 0 Å². The first kappa shape index (κ1) is 22.8. The summed E-state index contributed by atoms with van der Waals surface area (Å²) in [4.78, 5) is 0. The molecule has 0 bridgehead atoms. The van der Waals surface area contributed by atoms with Gasteiger partial charge in [0.05, 0.1) is 0 Å². The molecule has 0 heterocycles. The van der Waals surface area contributed by atoms with Gasteiger partial charge in [0.25, 0.3) is 0 Å². The molecule has 34 heavy (non-hydrogen) atoms. The van der Waals surface area contributed by atoms with E-state index in [0.29, 0.717) is 0 Å². The van der Waals surface area contributed by atoms with Crippen molar-refractivity contribution < 1.29 is 0 Å². The summed E-state index contributed by atoms with van der Waals surface area (Å²) in [5.74, 6) is 0. The summed E-state index contributed by atoms with van der Waals surface area (Å²) in [6, 6.07) is 52.1. The minimum absolute atomic E-state index is 1.22. The Hall–Kier alpha value is -4.42. The molecule has 0 aromatic heterocycles. The topological polar surface area (TPSA) is 0 Å². The number of hydrogen-bond acceptors (Lipinski definition) is 0. The SMILES string of the molecule is C(=C(c1ccccc1)c1ccccc1)c1ccccc1.C(=Cc1ccccc1)c1ccccc1. The highest BCUT2D eigenvalue weighted by molar-refractivity contribution is 5.91. The van der Waals surface area contributed by atoms with Gasteiger partial charge >= 0.3 is 0 Å². The molecule has 0 N–H and O–H groups in total. The van der Waals surface area contributed by atoms with Crippen LogP contribution in [0.3, 0.4) is 0 Å². The highest BCUT2D eigenvalue weighted by Gasteiger charge is 2.04. The number of benzene rings is 5. The molecule has 164 valence electrons. The Morgan fingerprint density at radius 3 is 0.971 bits per heavy atom. The fourth-order valence-electron chi connectivity index (χ4n) is 3.61. The lowest BCUT2D eigenvalue weighted by atomic mass is 9.96. The Morgan fingerprint density at radius 2 is 0.618 bits per heavy atom. The maximum Gasteiger partial charge on any atom is -0.0105 e. The van der Waals surface area contributed by atoms with Crippen LogP contribution < -0.4 is 0 Å². The summed E-state index contributed by atoms with van der Waals surface area (Å²) in [6.07, 6.45) is 6.48. The minimum Gasteiger partial charge on any atom is -0.0622 e. The van der Waals surface area contributed by atoms with Crippen LogP contribution >= 0.6 is 0 Å². The lowest BCUT2D eigenvalue weighted by molar-refractivity contribution is 1.55. The fourth-order valence-corrected chi connectivity index (χ4v) is 3.61. The Kier molecular flexibility index (Phi) is 8.42. The molecule has 0 heteroatoms. The molecule has 0 aliphatic rings. The summed E-state index contributed by atoms with van der Waals surface area (Å²) >= 11 is 0. The van der Waals surface area contributed by atoms with Crippen LogP contribution in [0.15, 0.2) is 152 Å². The van der Waals surface area contributed by atoms with E-state index >= 15 is 0 Å². The van der Waals surface area contributed by atoms with Crippen LogP contribution in [0.25, 0.3) is 23.8 Å². The van der Waals surface area contributed by atoms with Crippen LogP contribution in [0, 0.1) is 0 Å². The molecule has 0 saturated carbocycles. The Balaban J connectivity index is 0.000000172. The van der Waals surface area contributed by atoms with Crippen LogP contribution in [0.5, 0.6) is 0 Å². The zero-order chi connectivity index (χ0) is 23.3. The van der Waals surface area contributed by atoms with Crippen molar-refractivity contribution in [3.05, 3.63) is 179 Å². The maximum atomic E-state index is 2.24. The molecule has 0 radical (unpaired) electrons. The van der Waals surface area contributed by atoms with Gasteiger partial charge in [0.15, 0.2) is 0 Å². The molecule has 0 aliphatic heterocycles. The molecular weight excluding hydrogens is 408 g/mol. The third-order valence-electron chi connectivity index (χ3n) is 5.35. The summed E-state index contributed by atoms with van der Waals surface area (Å²) in [5, 5.41) is 0. The standard InChI is InChI=1S/C20H16.C14H12/c1-4-10-17(11-5-1)16-20(18-12-6-2-7-13-18)19-14-8-3-9-15-19;1-3-7-13(8-4-1)11-12-14-9-5-2-6-10-14/h1-16H;1-12H. The zero-order valence-electron chi connectivity index (χ0n) is 19.2. The Bertz CT molecular complexity index is 1200. The van der Waals surface area contributed by atoms with E-state index in [9.17, 15) is 0 Å². The van der Waals surface area contributed by atoms with E-state index in [1.165, 1.54) is 33.4 Å². The van der Waals surface area contributed by atoms with E-state index in [1.54, 1.807) is 0 Å². The predicted molar refractivity (Wildman–Crippen MR) is 148 cm³/mol. The van der Waals surface area contributed by atoms with Gasteiger partial charge in [-0.25, -0.2) is 0 Å². The lowest BCUT2D eigenvalue weighted by Gasteiger charge is -2.08. The molecule has 5 aromatic carbocycles. The van der Waals surface area contributed by atoms with Gasteiger partial charge in [0.1, 0.15) is 0 Å². The smallest absolute Gasteiger partial charge is 0.0105 e. The van der Waals surface area contributed by atoms with Crippen LogP contribution in [0.2, 0.25) is 0 Å². The Morgan fingerprint density at radius 1 is 0.324 bits per heavy atom. The van der Waals surface area contributed by atoms with E-state index in [0.717, 1.165) is 0 Å². The summed E-state index contributed by atoms with van der Waals surface area (Å²) < 4.78 is 0. The molecule has 0 unspecified atom stereocenters. The van der Waals surface area contributed by atoms with E-state index in [1.807, 2.05) is 42.5 Å². The monoisotopic (exact) mass is 436 g/mol. The average molecular weight is 437 g/mol. The molecule has 0 atom stereocenters. The molecule has 0 fully saturated rings. The lowest BCUT2D eigenvalue weighted by Crippen LogP contribution is -1.87. The first-order valence-electron chi connectivity index (χ1n) is 11.5. The third kappa shape index (κ3) is 7.05. The summed E-state index contributed by atoms with van der Waals surface area (Å²) in [6.45, 7) is 0. The van der Waals surface area contributed by atoms with Gasteiger partial charge in [-0.05, 0) is 39.5 Å². The summed E-state index contributed by atoms with van der Waals surface area (Å²) in [5.41, 5.74) is 7.41. The molecule has 0 amide bonds. The molecule has 0 nitrogen and oxygen atoms in total. The van der Waals surface area contributed by atoms with E-state index in [2.05, 4.69) is 127 Å². The second-order valence-corrected chi connectivity index (χ2v) is 7.86. The van der Waals surface area contributed by atoms with Gasteiger partial charge in [-0.3, -0.25) is 0 Å². The average Bonchev–Trinajstić information content (AvgIpc) is 2.94. The van der Waals surface area contributed by atoms with Crippen molar-refractivity contribution in [1.29, 1.82) is 0 Å². The molecule has 0 saturated heterocycles. The largest absolute Gasteiger partial charge is 0.0622 e. The Labute approximate surface area is 203 Å². The molecule has 5 rings (SSSR count). The third-order valence-corrected chi connectivity index (χ3v) is 5.35. The molecular formula is C34H28. The van der Waals surface area contributed by atoms with Gasteiger partial charge < -0.3 is 0 Å². The van der Waals surface area contributed by atoms with E-state index < -0.39 is 0 Å². The second kappa shape index (κ2) is 12.6. The molecule has 0 aliphatic carbocycles. The van der Waals surface area contributed by atoms with E-state index in [4.69, 9.17) is 0 Å². The quantitative estimate of drug-likeness (QED) is 0.241. The minimum atomic E-state index is 1.22. The number of rotatable bonds is 5. The molecule has 5 aromatic rings. The van der Waals surface area contributed by atoms with Crippen LogP contribution in [-0.2, 0) is 0 Å².